The minimum atomic E-state index is -0.252. The van der Waals surface area contributed by atoms with E-state index in [1.807, 2.05) is 30.3 Å². The highest BCUT2D eigenvalue weighted by atomic mass is 35.5. The lowest BCUT2D eigenvalue weighted by Crippen LogP contribution is -2.12. The minimum Gasteiger partial charge on any atom is -0.495 e. The van der Waals surface area contributed by atoms with Crippen molar-refractivity contribution in [3.05, 3.63) is 71.5 Å². The van der Waals surface area contributed by atoms with Crippen LogP contribution >= 0.6 is 11.6 Å². The van der Waals surface area contributed by atoms with Crippen LogP contribution in [0.4, 0.5) is 17.1 Å². The molecule has 3 rings (SSSR count). The van der Waals surface area contributed by atoms with Crippen LogP contribution in [0.3, 0.4) is 0 Å². The Labute approximate surface area is 162 Å². The fourth-order valence-corrected chi connectivity index (χ4v) is 2.70. The molecule has 7 heteroatoms. The summed E-state index contributed by atoms with van der Waals surface area (Å²) in [6.45, 7) is 0. The van der Waals surface area contributed by atoms with Gasteiger partial charge in [0, 0.05) is 24.0 Å². The Morgan fingerprint density at radius 2 is 1.70 bits per heavy atom. The first kappa shape index (κ1) is 18.5. The van der Waals surface area contributed by atoms with Gasteiger partial charge in [0.2, 0.25) is 0 Å². The Kier molecular flexibility index (Phi) is 5.78. The van der Waals surface area contributed by atoms with E-state index in [0.717, 1.165) is 0 Å². The summed E-state index contributed by atoms with van der Waals surface area (Å²) in [5.74, 6) is 0.795. The number of hydrogen-bond acceptors (Lipinski definition) is 5. The second kappa shape index (κ2) is 8.42. The number of hydrogen-bond donors (Lipinski definition) is 2. The molecule has 0 spiro atoms. The standard InChI is InChI=1S/C20H18ClN3O3/c1-26-18-10-17(19(27-2)9-16(18)21)23-15-8-13(11-22-12-15)20(25)24-14-6-4-3-5-7-14/h3-12,23H,1-2H3,(H,24,25). The molecule has 2 N–H and O–H groups in total. The zero-order valence-electron chi connectivity index (χ0n) is 14.8. The van der Waals surface area contributed by atoms with Gasteiger partial charge in [-0.15, -0.1) is 0 Å². The molecule has 0 saturated heterocycles. The fraction of sp³-hybridized carbons (Fsp3) is 0.100. The van der Waals surface area contributed by atoms with E-state index in [0.29, 0.717) is 39.1 Å². The molecule has 0 radical (unpaired) electrons. The average molecular weight is 384 g/mol. The quantitative estimate of drug-likeness (QED) is 0.642. The first-order chi connectivity index (χ1) is 13.1. The van der Waals surface area contributed by atoms with Gasteiger partial charge in [0.15, 0.2) is 0 Å². The molecule has 2 aromatic carbocycles. The van der Waals surface area contributed by atoms with Crippen LogP contribution in [0.25, 0.3) is 0 Å². The molecule has 138 valence electrons. The van der Waals surface area contributed by atoms with E-state index < -0.39 is 0 Å². The van der Waals surface area contributed by atoms with Gasteiger partial charge < -0.3 is 20.1 Å². The third-order valence-corrected chi connectivity index (χ3v) is 4.08. The number of aromatic nitrogens is 1. The van der Waals surface area contributed by atoms with Crippen molar-refractivity contribution in [1.29, 1.82) is 0 Å². The average Bonchev–Trinajstić information content (AvgIpc) is 2.70. The van der Waals surface area contributed by atoms with Crippen molar-refractivity contribution in [2.45, 2.75) is 0 Å². The summed E-state index contributed by atoms with van der Waals surface area (Å²) in [5.41, 5.74) is 2.40. The lowest BCUT2D eigenvalue weighted by Gasteiger charge is -2.14. The molecule has 0 aliphatic carbocycles. The Morgan fingerprint density at radius 1 is 0.963 bits per heavy atom. The van der Waals surface area contributed by atoms with E-state index in [1.165, 1.54) is 13.3 Å². The SMILES string of the molecule is COc1cc(Nc2cncc(C(=O)Nc3ccccc3)c2)c(OC)cc1Cl. The Bertz CT molecular complexity index is 948. The molecule has 1 amide bonds. The van der Waals surface area contributed by atoms with Gasteiger partial charge in [-0.2, -0.15) is 0 Å². The van der Waals surface area contributed by atoms with Crippen molar-refractivity contribution in [3.63, 3.8) is 0 Å². The van der Waals surface area contributed by atoms with E-state index >= 15 is 0 Å². The summed E-state index contributed by atoms with van der Waals surface area (Å²) < 4.78 is 10.6. The maximum atomic E-state index is 12.4. The highest BCUT2D eigenvalue weighted by Crippen LogP contribution is 2.37. The lowest BCUT2D eigenvalue weighted by molar-refractivity contribution is 0.102. The zero-order valence-corrected chi connectivity index (χ0v) is 15.6. The summed E-state index contributed by atoms with van der Waals surface area (Å²) in [6, 6.07) is 14.3. The second-order valence-corrected chi connectivity index (χ2v) is 6.00. The second-order valence-electron chi connectivity index (χ2n) is 5.59. The molecule has 0 unspecified atom stereocenters. The van der Waals surface area contributed by atoms with Gasteiger partial charge in [-0.3, -0.25) is 9.78 Å². The smallest absolute Gasteiger partial charge is 0.257 e. The molecule has 0 atom stereocenters. The lowest BCUT2D eigenvalue weighted by atomic mass is 10.2. The van der Waals surface area contributed by atoms with Crippen molar-refractivity contribution in [1.82, 2.24) is 4.98 Å². The van der Waals surface area contributed by atoms with Gasteiger partial charge in [-0.25, -0.2) is 0 Å². The van der Waals surface area contributed by atoms with Gasteiger partial charge >= 0.3 is 0 Å². The normalized spacial score (nSPS) is 10.2. The maximum Gasteiger partial charge on any atom is 0.257 e. The topological polar surface area (TPSA) is 72.5 Å². The maximum absolute atomic E-state index is 12.4. The number of rotatable bonds is 6. The molecule has 1 heterocycles. The van der Waals surface area contributed by atoms with Crippen LogP contribution < -0.4 is 20.1 Å². The van der Waals surface area contributed by atoms with Crippen LogP contribution in [-0.4, -0.2) is 25.1 Å². The van der Waals surface area contributed by atoms with Crippen molar-refractivity contribution in [2.75, 3.05) is 24.9 Å². The van der Waals surface area contributed by atoms with Crippen molar-refractivity contribution >= 4 is 34.6 Å². The highest BCUT2D eigenvalue weighted by molar-refractivity contribution is 6.32. The molecule has 0 saturated carbocycles. The number of halogens is 1. The Balaban J connectivity index is 1.83. The van der Waals surface area contributed by atoms with Crippen LogP contribution in [0.5, 0.6) is 11.5 Å². The van der Waals surface area contributed by atoms with Crippen LogP contribution in [-0.2, 0) is 0 Å². The number of benzene rings is 2. The molecule has 6 nitrogen and oxygen atoms in total. The summed E-state index contributed by atoms with van der Waals surface area (Å²) in [5, 5.41) is 6.45. The summed E-state index contributed by atoms with van der Waals surface area (Å²) in [6.07, 6.45) is 3.11. The molecular weight excluding hydrogens is 366 g/mol. The largest absolute Gasteiger partial charge is 0.495 e. The summed E-state index contributed by atoms with van der Waals surface area (Å²) in [7, 11) is 3.08. The molecule has 1 aromatic heterocycles. The predicted molar refractivity (Wildman–Crippen MR) is 106 cm³/mol. The number of anilines is 3. The van der Waals surface area contributed by atoms with Gasteiger partial charge in [-0.1, -0.05) is 29.8 Å². The van der Waals surface area contributed by atoms with E-state index in [-0.39, 0.29) is 5.91 Å². The van der Waals surface area contributed by atoms with Crippen molar-refractivity contribution in [2.24, 2.45) is 0 Å². The van der Waals surface area contributed by atoms with Crippen LogP contribution in [0.15, 0.2) is 60.9 Å². The number of methoxy groups -OCH3 is 2. The number of amides is 1. The van der Waals surface area contributed by atoms with Crippen LogP contribution in [0, 0.1) is 0 Å². The number of carbonyl (C=O) groups is 1. The fourth-order valence-electron chi connectivity index (χ4n) is 2.47. The van der Waals surface area contributed by atoms with E-state index in [4.69, 9.17) is 21.1 Å². The Morgan fingerprint density at radius 3 is 2.41 bits per heavy atom. The summed E-state index contributed by atoms with van der Waals surface area (Å²) in [4.78, 5) is 16.6. The molecule has 0 aliphatic rings. The molecule has 3 aromatic rings. The van der Waals surface area contributed by atoms with Crippen LogP contribution in [0.2, 0.25) is 5.02 Å². The number of para-hydroxylation sites is 1. The zero-order chi connectivity index (χ0) is 19.2. The number of ether oxygens (including phenoxy) is 2. The molecule has 0 aliphatic heterocycles. The van der Waals surface area contributed by atoms with Gasteiger partial charge in [0.1, 0.15) is 11.5 Å². The Hall–Kier alpha value is -3.25. The van der Waals surface area contributed by atoms with E-state index in [2.05, 4.69) is 15.6 Å². The van der Waals surface area contributed by atoms with Gasteiger partial charge in [0.05, 0.1) is 42.4 Å². The minimum absolute atomic E-state index is 0.252. The highest BCUT2D eigenvalue weighted by Gasteiger charge is 2.12. The third-order valence-electron chi connectivity index (χ3n) is 3.79. The number of pyridine rings is 1. The van der Waals surface area contributed by atoms with Crippen LogP contribution in [0.1, 0.15) is 10.4 Å². The molecule has 0 fully saturated rings. The van der Waals surface area contributed by atoms with Crippen molar-refractivity contribution < 1.29 is 14.3 Å². The molecule has 27 heavy (non-hydrogen) atoms. The van der Waals surface area contributed by atoms with E-state index in [1.54, 1.807) is 31.5 Å². The molecular formula is C20H18ClN3O3. The molecule has 0 bridgehead atoms. The van der Waals surface area contributed by atoms with Gasteiger partial charge in [0.25, 0.3) is 5.91 Å². The monoisotopic (exact) mass is 383 g/mol. The van der Waals surface area contributed by atoms with Crippen molar-refractivity contribution in [3.8, 4) is 11.5 Å². The number of nitrogens with zero attached hydrogens (tertiary/aromatic N) is 1. The number of nitrogens with one attached hydrogen (secondary N) is 2. The predicted octanol–water partition coefficient (Wildman–Crippen LogP) is 4.75. The third kappa shape index (κ3) is 4.48. The number of carbonyl (C=O) groups excluding carboxylic acids is 1. The van der Waals surface area contributed by atoms with E-state index in [9.17, 15) is 4.79 Å². The summed E-state index contributed by atoms with van der Waals surface area (Å²) >= 11 is 6.13. The first-order valence-electron chi connectivity index (χ1n) is 8.10. The van der Waals surface area contributed by atoms with Gasteiger partial charge in [-0.05, 0) is 18.2 Å². The first-order valence-corrected chi connectivity index (χ1v) is 8.48.